The highest BCUT2D eigenvalue weighted by Gasteiger charge is 2.59. The predicted octanol–water partition coefficient (Wildman–Crippen LogP) is 2.18. The monoisotopic (exact) mass is 440 g/mol. The van der Waals surface area contributed by atoms with E-state index in [1.54, 1.807) is 24.0 Å². The van der Waals surface area contributed by atoms with Gasteiger partial charge < -0.3 is 14.5 Å². The number of allylic oxidation sites excluding steroid dienone is 2. The van der Waals surface area contributed by atoms with Gasteiger partial charge in [-0.25, -0.2) is 9.69 Å². The van der Waals surface area contributed by atoms with E-state index in [0.717, 1.165) is 11.3 Å². The van der Waals surface area contributed by atoms with E-state index in [-0.39, 0.29) is 46.9 Å². The fraction of sp³-hybridized carbons (Fsp3) is 0.500. The molecule has 0 radical (unpaired) electrons. The first-order valence-electron chi connectivity index (χ1n) is 10.9. The first-order chi connectivity index (χ1) is 15.4. The summed E-state index contributed by atoms with van der Waals surface area (Å²) in [4.78, 5) is 53.9. The van der Waals surface area contributed by atoms with Gasteiger partial charge in [-0.2, -0.15) is 0 Å². The molecule has 10 nitrogen and oxygen atoms in total. The van der Waals surface area contributed by atoms with Crippen LogP contribution in [0.4, 0.5) is 21.9 Å². The molecule has 0 spiro atoms. The van der Waals surface area contributed by atoms with Crippen LogP contribution in [0.25, 0.3) is 0 Å². The zero-order valence-electron chi connectivity index (χ0n) is 17.7. The van der Waals surface area contributed by atoms with Gasteiger partial charge in [0.05, 0.1) is 29.1 Å². The first-order valence-corrected chi connectivity index (χ1v) is 10.9. The van der Waals surface area contributed by atoms with Gasteiger partial charge in [-0.1, -0.05) is 12.2 Å². The lowest BCUT2D eigenvalue weighted by Crippen LogP contribution is -2.49. The molecule has 3 fully saturated rings. The average Bonchev–Trinajstić information content (AvgIpc) is 3.47. The molecule has 0 N–H and O–H groups in total. The topological polar surface area (TPSA) is 113 Å². The Bertz CT molecular complexity index is 1000. The number of nitrogens with zero attached hydrogens (tertiary/aromatic N) is 4. The van der Waals surface area contributed by atoms with Gasteiger partial charge in [-0.15, -0.1) is 0 Å². The van der Waals surface area contributed by atoms with Gasteiger partial charge in [0.15, 0.2) is 0 Å². The summed E-state index contributed by atoms with van der Waals surface area (Å²) in [5.74, 6) is -1.07. The number of nitro benzene ring substituents is 1. The highest BCUT2D eigenvalue weighted by Crippen LogP contribution is 2.53. The molecule has 32 heavy (non-hydrogen) atoms. The fourth-order valence-electron chi connectivity index (χ4n) is 5.57. The van der Waals surface area contributed by atoms with E-state index >= 15 is 0 Å². The van der Waals surface area contributed by atoms with Crippen LogP contribution in [0.15, 0.2) is 30.4 Å². The summed E-state index contributed by atoms with van der Waals surface area (Å²) in [6, 6.07) is 4.51. The quantitative estimate of drug-likeness (QED) is 0.305. The molecule has 4 atom stereocenters. The number of anilines is 2. The van der Waals surface area contributed by atoms with Gasteiger partial charge in [0.1, 0.15) is 5.69 Å². The third kappa shape index (κ3) is 3.04. The van der Waals surface area contributed by atoms with Crippen molar-refractivity contribution in [2.75, 3.05) is 42.6 Å². The number of benzene rings is 1. The molecule has 2 bridgehead atoms. The Morgan fingerprint density at radius 1 is 1.09 bits per heavy atom. The van der Waals surface area contributed by atoms with Gasteiger partial charge in [0, 0.05) is 32.2 Å². The molecule has 1 aromatic carbocycles. The summed E-state index contributed by atoms with van der Waals surface area (Å²) >= 11 is 0. The van der Waals surface area contributed by atoms with Crippen molar-refractivity contribution in [1.29, 1.82) is 0 Å². The maximum Gasteiger partial charge on any atom is 0.409 e. The summed E-state index contributed by atoms with van der Waals surface area (Å²) < 4.78 is 5.01. The number of carbonyl (C=O) groups excluding carboxylic acids is 3. The Hall–Kier alpha value is -3.43. The van der Waals surface area contributed by atoms with E-state index < -0.39 is 11.0 Å². The van der Waals surface area contributed by atoms with Gasteiger partial charge in [0.2, 0.25) is 11.8 Å². The molecule has 168 valence electrons. The van der Waals surface area contributed by atoms with E-state index in [2.05, 4.69) is 0 Å². The minimum atomic E-state index is -0.492. The van der Waals surface area contributed by atoms with Gasteiger partial charge in [0.25, 0.3) is 5.69 Å². The second-order valence-electron chi connectivity index (χ2n) is 8.61. The molecule has 2 aliphatic heterocycles. The minimum absolute atomic E-state index is 0.0800. The number of hydrogen-bond acceptors (Lipinski definition) is 7. The lowest BCUT2D eigenvalue weighted by Gasteiger charge is -2.35. The van der Waals surface area contributed by atoms with Crippen LogP contribution >= 0.6 is 0 Å². The molecule has 0 aromatic heterocycles. The zero-order valence-corrected chi connectivity index (χ0v) is 17.7. The van der Waals surface area contributed by atoms with Crippen LogP contribution in [-0.2, 0) is 14.3 Å². The minimum Gasteiger partial charge on any atom is -0.450 e. The third-order valence-electron chi connectivity index (χ3n) is 7.03. The highest BCUT2D eigenvalue weighted by atomic mass is 16.6. The predicted molar refractivity (Wildman–Crippen MR) is 114 cm³/mol. The van der Waals surface area contributed by atoms with Crippen LogP contribution in [0.1, 0.15) is 13.3 Å². The maximum atomic E-state index is 13.1. The second-order valence-corrected chi connectivity index (χ2v) is 8.61. The standard InChI is InChI=1S/C22H24N4O6/c1-2-32-22(29)24-9-7-23(8-10-24)16-6-5-15(12-17(16)26(30)31)25-20(27)18-13-3-4-14(11-13)19(18)21(25)28/h3-6,12-14,18-19H,2,7-11H2,1H3/t13-,14+,18+,19-. The molecule has 0 unspecified atom stereocenters. The second kappa shape index (κ2) is 7.61. The normalized spacial score (nSPS) is 28.5. The number of hydrogen-bond donors (Lipinski definition) is 0. The molecule has 10 heteroatoms. The Kier molecular flexibility index (Phi) is 4.87. The van der Waals surface area contributed by atoms with Crippen molar-refractivity contribution in [3.05, 3.63) is 40.5 Å². The van der Waals surface area contributed by atoms with Crippen molar-refractivity contribution < 1.29 is 24.0 Å². The van der Waals surface area contributed by atoms with Gasteiger partial charge >= 0.3 is 6.09 Å². The fourth-order valence-corrected chi connectivity index (χ4v) is 5.57. The molecule has 3 amide bonds. The Morgan fingerprint density at radius 2 is 1.72 bits per heavy atom. The van der Waals surface area contributed by atoms with E-state index in [1.165, 1.54) is 6.07 Å². The Labute approximate surface area is 184 Å². The van der Waals surface area contributed by atoms with Gasteiger partial charge in [-0.05, 0) is 37.3 Å². The smallest absolute Gasteiger partial charge is 0.409 e. The van der Waals surface area contributed by atoms with Crippen LogP contribution in [0.3, 0.4) is 0 Å². The molecule has 2 aliphatic carbocycles. The van der Waals surface area contributed by atoms with Crippen LogP contribution in [-0.4, -0.2) is 60.5 Å². The van der Waals surface area contributed by atoms with Crippen molar-refractivity contribution >= 4 is 35.0 Å². The molecule has 1 saturated carbocycles. The van der Waals surface area contributed by atoms with Crippen molar-refractivity contribution in [2.24, 2.45) is 23.7 Å². The zero-order chi connectivity index (χ0) is 22.6. The van der Waals surface area contributed by atoms with Crippen LogP contribution in [0.2, 0.25) is 0 Å². The van der Waals surface area contributed by atoms with Gasteiger partial charge in [-0.3, -0.25) is 19.7 Å². The first kappa shape index (κ1) is 20.5. The number of piperazine rings is 1. The molecular formula is C22H24N4O6. The molecule has 5 rings (SSSR count). The molecule has 2 heterocycles. The number of ether oxygens (including phenoxy) is 1. The lowest BCUT2D eigenvalue weighted by molar-refractivity contribution is -0.384. The third-order valence-corrected chi connectivity index (χ3v) is 7.03. The van der Waals surface area contributed by atoms with E-state index in [1.807, 2.05) is 17.1 Å². The SMILES string of the molecule is CCOC(=O)N1CCN(c2ccc(N3C(=O)[C@@H]4[C@H](C3=O)[C@H]3C=C[C@@H]4C3)cc2[N+](=O)[O-])CC1. The molecule has 1 aromatic rings. The van der Waals surface area contributed by atoms with Crippen molar-refractivity contribution in [1.82, 2.24) is 4.90 Å². The summed E-state index contributed by atoms with van der Waals surface area (Å²) in [5.41, 5.74) is 0.489. The average molecular weight is 440 g/mol. The number of amides is 3. The number of imide groups is 1. The molecule has 4 aliphatic rings. The lowest BCUT2D eigenvalue weighted by atomic mass is 9.85. The van der Waals surface area contributed by atoms with E-state index in [9.17, 15) is 24.5 Å². The summed E-state index contributed by atoms with van der Waals surface area (Å²) in [6.45, 7) is 3.64. The number of carbonyl (C=O) groups is 3. The van der Waals surface area contributed by atoms with E-state index in [4.69, 9.17) is 4.74 Å². The highest BCUT2D eigenvalue weighted by molar-refractivity contribution is 6.23. The van der Waals surface area contributed by atoms with Crippen LogP contribution < -0.4 is 9.80 Å². The van der Waals surface area contributed by atoms with E-state index in [0.29, 0.717) is 38.5 Å². The maximum absolute atomic E-state index is 13.1. The molecular weight excluding hydrogens is 416 g/mol. The largest absolute Gasteiger partial charge is 0.450 e. The number of rotatable bonds is 4. The van der Waals surface area contributed by atoms with Crippen molar-refractivity contribution in [3.8, 4) is 0 Å². The summed E-state index contributed by atoms with van der Waals surface area (Å²) in [7, 11) is 0. The number of nitro groups is 1. The Morgan fingerprint density at radius 3 is 2.28 bits per heavy atom. The van der Waals surface area contributed by atoms with Crippen molar-refractivity contribution in [2.45, 2.75) is 13.3 Å². The molecule has 2 saturated heterocycles. The number of fused-ring (bicyclic) bond motifs is 5. The van der Waals surface area contributed by atoms with Crippen molar-refractivity contribution in [3.63, 3.8) is 0 Å². The summed E-state index contributed by atoms with van der Waals surface area (Å²) in [5, 5.41) is 11.9. The Balaban J connectivity index is 1.38. The summed E-state index contributed by atoms with van der Waals surface area (Å²) in [6.07, 6.45) is 4.47. The van der Waals surface area contributed by atoms with Crippen LogP contribution in [0, 0.1) is 33.8 Å². The van der Waals surface area contributed by atoms with Crippen LogP contribution in [0.5, 0.6) is 0 Å².